The van der Waals surface area contributed by atoms with Crippen molar-refractivity contribution < 1.29 is 0 Å². The Morgan fingerprint density at radius 3 is 2.73 bits per heavy atom. The third kappa shape index (κ3) is 4.31. The van der Waals surface area contributed by atoms with Crippen LogP contribution in [0.25, 0.3) is 22.2 Å². The molecule has 0 aliphatic carbocycles. The first-order valence-corrected chi connectivity index (χ1v) is 11.2. The highest BCUT2D eigenvalue weighted by atomic mass is 15.3. The van der Waals surface area contributed by atoms with E-state index in [9.17, 15) is 0 Å². The van der Waals surface area contributed by atoms with Gasteiger partial charge in [0.15, 0.2) is 0 Å². The number of piperazine rings is 1. The number of aromatic amines is 1. The van der Waals surface area contributed by atoms with Crippen LogP contribution < -0.4 is 21.3 Å². The maximum atomic E-state index is 5.91. The molecule has 4 aromatic rings. The number of aryl methyl sites for hydroxylation is 1. The van der Waals surface area contributed by atoms with Crippen LogP contribution in [0.1, 0.15) is 25.1 Å². The second kappa shape index (κ2) is 8.67. The van der Waals surface area contributed by atoms with Crippen molar-refractivity contribution in [3.8, 4) is 11.1 Å². The first-order valence-electron chi connectivity index (χ1n) is 11.2. The third-order valence-corrected chi connectivity index (χ3v) is 6.05. The van der Waals surface area contributed by atoms with Crippen LogP contribution in [0.5, 0.6) is 0 Å². The SMILES string of the molecule is Cc1ccc(N2C[C@@H](C)N[C@@H](C)C2)nc1CNc1ncnc2[nH]cc(-c3ccnc(N)c3)c12. The number of aromatic nitrogens is 5. The summed E-state index contributed by atoms with van der Waals surface area (Å²) in [5.41, 5.74) is 10.8. The fourth-order valence-electron chi connectivity index (χ4n) is 4.54. The van der Waals surface area contributed by atoms with E-state index < -0.39 is 0 Å². The van der Waals surface area contributed by atoms with Crippen molar-refractivity contribution in [2.75, 3.05) is 29.0 Å². The van der Waals surface area contributed by atoms with Crippen LogP contribution in [-0.4, -0.2) is 50.1 Å². The summed E-state index contributed by atoms with van der Waals surface area (Å²) >= 11 is 0. The summed E-state index contributed by atoms with van der Waals surface area (Å²) in [5, 5.41) is 7.99. The standard InChI is InChI=1S/C24H29N9/c1-14-4-5-21(33-11-15(2)31-16(3)12-33)32-19(14)10-28-24-22-18(9-27-23(22)29-13-30-24)17-6-7-26-20(25)8-17/h4-9,13,15-16,31H,10-12H2,1-3H3,(H2,25,26)(H2,27,28,29,30)/t15-,16+. The van der Waals surface area contributed by atoms with Gasteiger partial charge in [-0.15, -0.1) is 0 Å². The Morgan fingerprint density at radius 2 is 1.94 bits per heavy atom. The lowest BCUT2D eigenvalue weighted by molar-refractivity contribution is 0.405. The highest BCUT2D eigenvalue weighted by molar-refractivity contribution is 6.01. The molecule has 1 aliphatic rings. The predicted octanol–water partition coefficient (Wildman–Crippen LogP) is 3.10. The summed E-state index contributed by atoms with van der Waals surface area (Å²) in [6.07, 6.45) is 5.19. The van der Waals surface area contributed by atoms with E-state index in [0.29, 0.717) is 24.4 Å². The molecule has 0 aromatic carbocycles. The van der Waals surface area contributed by atoms with Crippen LogP contribution >= 0.6 is 0 Å². The van der Waals surface area contributed by atoms with E-state index in [1.807, 2.05) is 18.3 Å². The van der Waals surface area contributed by atoms with Gasteiger partial charge in [0.1, 0.15) is 29.4 Å². The molecule has 2 atom stereocenters. The van der Waals surface area contributed by atoms with Crippen LogP contribution in [0.15, 0.2) is 43.0 Å². The van der Waals surface area contributed by atoms with E-state index in [1.165, 1.54) is 0 Å². The molecule has 5 rings (SSSR count). The van der Waals surface area contributed by atoms with Crippen molar-refractivity contribution in [1.82, 2.24) is 30.2 Å². The summed E-state index contributed by atoms with van der Waals surface area (Å²) in [6, 6.07) is 8.91. The summed E-state index contributed by atoms with van der Waals surface area (Å²) < 4.78 is 0. The number of H-pyrrole nitrogens is 1. The molecule has 0 radical (unpaired) electrons. The van der Waals surface area contributed by atoms with Crippen LogP contribution in [-0.2, 0) is 6.54 Å². The molecule has 0 unspecified atom stereocenters. The van der Waals surface area contributed by atoms with Crippen molar-refractivity contribution in [3.05, 3.63) is 54.2 Å². The summed E-state index contributed by atoms with van der Waals surface area (Å²) in [6.45, 7) is 8.97. The summed E-state index contributed by atoms with van der Waals surface area (Å²) in [7, 11) is 0. The second-order valence-electron chi connectivity index (χ2n) is 8.78. The Bertz CT molecular complexity index is 1270. The molecule has 1 aliphatic heterocycles. The number of nitrogens with one attached hydrogen (secondary N) is 3. The van der Waals surface area contributed by atoms with Gasteiger partial charge in [-0.3, -0.25) is 0 Å². The smallest absolute Gasteiger partial charge is 0.143 e. The first kappa shape index (κ1) is 21.1. The zero-order chi connectivity index (χ0) is 22.9. The Morgan fingerprint density at radius 1 is 1.12 bits per heavy atom. The predicted molar refractivity (Wildman–Crippen MR) is 132 cm³/mol. The summed E-state index contributed by atoms with van der Waals surface area (Å²) in [5.74, 6) is 2.24. The number of hydrogen-bond donors (Lipinski definition) is 4. The van der Waals surface area contributed by atoms with E-state index in [1.54, 1.807) is 12.5 Å². The maximum absolute atomic E-state index is 5.91. The minimum absolute atomic E-state index is 0.432. The molecular weight excluding hydrogens is 414 g/mol. The van der Waals surface area contributed by atoms with Gasteiger partial charge in [-0.05, 0) is 50.1 Å². The monoisotopic (exact) mass is 443 g/mol. The molecular formula is C24H29N9. The Hall–Kier alpha value is -3.72. The van der Waals surface area contributed by atoms with Crippen LogP contribution in [0.4, 0.5) is 17.5 Å². The average molecular weight is 444 g/mol. The number of nitrogens with two attached hydrogens (primary N) is 1. The van der Waals surface area contributed by atoms with E-state index in [-0.39, 0.29) is 0 Å². The topological polar surface area (TPSA) is 121 Å². The van der Waals surface area contributed by atoms with E-state index in [4.69, 9.17) is 10.7 Å². The fourth-order valence-corrected chi connectivity index (χ4v) is 4.54. The van der Waals surface area contributed by atoms with E-state index in [0.717, 1.165) is 58.1 Å². The minimum Gasteiger partial charge on any atom is -0.384 e. The number of nitrogen functional groups attached to an aromatic ring is 1. The van der Waals surface area contributed by atoms with Crippen molar-refractivity contribution in [3.63, 3.8) is 0 Å². The van der Waals surface area contributed by atoms with Gasteiger partial charge in [0.2, 0.25) is 0 Å². The Balaban J connectivity index is 1.43. The van der Waals surface area contributed by atoms with Crippen LogP contribution in [0.3, 0.4) is 0 Å². The highest BCUT2D eigenvalue weighted by Gasteiger charge is 2.22. The second-order valence-corrected chi connectivity index (χ2v) is 8.78. The molecule has 4 aromatic heterocycles. The number of pyridine rings is 2. The van der Waals surface area contributed by atoms with Crippen LogP contribution in [0, 0.1) is 6.92 Å². The number of nitrogens with zero attached hydrogens (tertiary/aromatic N) is 5. The molecule has 0 saturated carbocycles. The molecule has 9 nitrogen and oxygen atoms in total. The van der Waals surface area contributed by atoms with Crippen molar-refractivity contribution in [2.45, 2.75) is 39.4 Å². The molecule has 5 N–H and O–H groups in total. The molecule has 0 bridgehead atoms. The molecule has 170 valence electrons. The zero-order valence-electron chi connectivity index (χ0n) is 19.1. The van der Waals surface area contributed by atoms with Gasteiger partial charge in [0.05, 0.1) is 17.6 Å². The molecule has 1 saturated heterocycles. The van der Waals surface area contributed by atoms with Gasteiger partial charge in [-0.1, -0.05) is 6.07 Å². The Kier molecular flexibility index (Phi) is 5.55. The van der Waals surface area contributed by atoms with Crippen molar-refractivity contribution in [2.24, 2.45) is 0 Å². The number of hydrogen-bond acceptors (Lipinski definition) is 8. The van der Waals surface area contributed by atoms with Crippen LogP contribution in [0.2, 0.25) is 0 Å². The van der Waals surface area contributed by atoms with Gasteiger partial charge in [0.25, 0.3) is 0 Å². The lowest BCUT2D eigenvalue weighted by atomic mass is 10.1. The molecule has 5 heterocycles. The average Bonchev–Trinajstić information content (AvgIpc) is 3.23. The number of rotatable bonds is 5. The largest absolute Gasteiger partial charge is 0.384 e. The Labute approximate surface area is 192 Å². The summed E-state index contributed by atoms with van der Waals surface area (Å²) in [4.78, 5) is 23.6. The van der Waals surface area contributed by atoms with Crippen molar-refractivity contribution >= 4 is 28.5 Å². The van der Waals surface area contributed by atoms with Gasteiger partial charge in [-0.25, -0.2) is 19.9 Å². The molecule has 0 spiro atoms. The normalized spacial score (nSPS) is 18.6. The first-order chi connectivity index (χ1) is 16.0. The quantitative estimate of drug-likeness (QED) is 0.371. The number of fused-ring (bicyclic) bond motifs is 1. The molecule has 33 heavy (non-hydrogen) atoms. The minimum atomic E-state index is 0.432. The zero-order valence-corrected chi connectivity index (χ0v) is 19.1. The fraction of sp³-hybridized carbons (Fsp3) is 0.333. The lowest BCUT2D eigenvalue weighted by Gasteiger charge is -2.37. The van der Waals surface area contributed by atoms with E-state index >= 15 is 0 Å². The number of anilines is 3. The van der Waals surface area contributed by atoms with E-state index in [2.05, 4.69) is 68.4 Å². The van der Waals surface area contributed by atoms with Gasteiger partial charge < -0.3 is 26.3 Å². The molecule has 9 heteroatoms. The maximum Gasteiger partial charge on any atom is 0.143 e. The van der Waals surface area contributed by atoms with Gasteiger partial charge in [-0.2, -0.15) is 0 Å². The van der Waals surface area contributed by atoms with Gasteiger partial charge in [0, 0.05) is 43.1 Å². The lowest BCUT2D eigenvalue weighted by Crippen LogP contribution is -2.54. The third-order valence-electron chi connectivity index (χ3n) is 6.05. The van der Waals surface area contributed by atoms with Gasteiger partial charge >= 0.3 is 0 Å². The molecule has 1 fully saturated rings. The molecule has 0 amide bonds. The highest BCUT2D eigenvalue weighted by Crippen LogP contribution is 2.32. The van der Waals surface area contributed by atoms with Crippen molar-refractivity contribution in [1.29, 1.82) is 0 Å².